The fourth-order valence-electron chi connectivity index (χ4n) is 2.30. The van der Waals surface area contributed by atoms with E-state index in [2.05, 4.69) is 27.9 Å². The normalized spacial score (nSPS) is 14.5. The van der Waals surface area contributed by atoms with Crippen molar-refractivity contribution in [3.8, 4) is 0 Å². The number of ketones is 1. The molecule has 104 valence electrons. The lowest BCUT2D eigenvalue weighted by Crippen LogP contribution is -2.16. The number of nitrogens with zero attached hydrogens (tertiary/aromatic N) is 1. The Bertz CT molecular complexity index is 747. The molecule has 1 saturated carbocycles. The van der Waals surface area contributed by atoms with Gasteiger partial charge in [0.1, 0.15) is 0 Å². The number of hydrogen-bond acceptors (Lipinski definition) is 3. The summed E-state index contributed by atoms with van der Waals surface area (Å²) < 4.78 is 2.64. The fourth-order valence-corrected chi connectivity index (χ4v) is 3.01. The summed E-state index contributed by atoms with van der Waals surface area (Å²) in [5.41, 5.74) is 1.76. The van der Waals surface area contributed by atoms with Crippen molar-refractivity contribution < 1.29 is 4.79 Å². The topological polar surface area (TPSA) is 51.1 Å². The van der Waals surface area contributed by atoms with Crippen molar-refractivity contribution in [1.29, 1.82) is 0 Å². The van der Waals surface area contributed by atoms with Crippen molar-refractivity contribution in [2.45, 2.75) is 12.8 Å². The maximum atomic E-state index is 12.2. The van der Waals surface area contributed by atoms with Gasteiger partial charge < -0.3 is 9.88 Å². The van der Waals surface area contributed by atoms with Crippen molar-refractivity contribution in [1.82, 2.24) is 4.57 Å². The van der Waals surface area contributed by atoms with Gasteiger partial charge in [-0.2, -0.15) is 0 Å². The minimum atomic E-state index is 0.0378. The van der Waals surface area contributed by atoms with Gasteiger partial charge in [0.2, 0.25) is 5.43 Å². The van der Waals surface area contributed by atoms with E-state index in [0.29, 0.717) is 15.5 Å². The Morgan fingerprint density at radius 3 is 2.90 bits per heavy atom. The third kappa shape index (κ3) is 2.59. The molecule has 3 rings (SSSR count). The molecule has 1 heterocycles. The van der Waals surface area contributed by atoms with Gasteiger partial charge in [0.05, 0.1) is 15.6 Å². The van der Waals surface area contributed by atoms with Crippen molar-refractivity contribution in [3.05, 3.63) is 38.2 Å². The summed E-state index contributed by atoms with van der Waals surface area (Å²) in [6.45, 7) is 0.348. The van der Waals surface area contributed by atoms with Crippen LogP contribution in [0.25, 0.3) is 10.9 Å². The maximum Gasteiger partial charge on any atom is 0.202 e. The number of pyridine rings is 1. The molecule has 0 atom stereocenters. The first-order chi connectivity index (χ1) is 9.56. The molecule has 1 aliphatic rings. The molecule has 0 unspecified atom stereocenters. The van der Waals surface area contributed by atoms with Gasteiger partial charge in [-0.05, 0) is 53.6 Å². The third-order valence-corrected chi connectivity index (χ3v) is 4.41. The van der Waals surface area contributed by atoms with E-state index in [1.54, 1.807) is 0 Å². The van der Waals surface area contributed by atoms with E-state index in [4.69, 9.17) is 0 Å². The highest BCUT2D eigenvalue weighted by molar-refractivity contribution is 14.1. The minimum Gasteiger partial charge on any atom is -0.378 e. The minimum absolute atomic E-state index is 0.0378. The zero-order chi connectivity index (χ0) is 14.3. The van der Waals surface area contributed by atoms with E-state index in [9.17, 15) is 9.59 Å². The molecule has 2 aromatic rings. The predicted octanol–water partition coefficient (Wildman–Crippen LogP) is 2.53. The van der Waals surface area contributed by atoms with E-state index < -0.39 is 0 Å². The van der Waals surface area contributed by atoms with Gasteiger partial charge in [-0.3, -0.25) is 9.59 Å². The summed E-state index contributed by atoms with van der Waals surface area (Å²) in [5, 5.41) is 3.81. The first-order valence-corrected chi connectivity index (χ1v) is 7.69. The van der Waals surface area contributed by atoms with E-state index in [0.717, 1.165) is 24.0 Å². The van der Waals surface area contributed by atoms with Crippen LogP contribution < -0.4 is 10.7 Å². The zero-order valence-electron chi connectivity index (χ0n) is 11.1. The summed E-state index contributed by atoms with van der Waals surface area (Å²) in [6, 6.07) is 5.66. The molecule has 5 heteroatoms. The molecule has 0 bridgehead atoms. The van der Waals surface area contributed by atoms with Crippen LogP contribution in [0.2, 0.25) is 0 Å². The van der Waals surface area contributed by atoms with Crippen molar-refractivity contribution in [2.24, 2.45) is 13.0 Å². The van der Waals surface area contributed by atoms with Crippen LogP contribution in [0, 0.1) is 9.49 Å². The molecule has 0 radical (unpaired) electrons. The van der Waals surface area contributed by atoms with Gasteiger partial charge >= 0.3 is 0 Å². The first-order valence-electron chi connectivity index (χ1n) is 6.62. The SMILES string of the molecule is Cn1cc(I)c(=O)c2cc(NCC(=O)C3CC3)ccc21. The van der Waals surface area contributed by atoms with Crippen LogP contribution in [0.3, 0.4) is 0 Å². The Balaban J connectivity index is 1.91. The highest BCUT2D eigenvalue weighted by Crippen LogP contribution is 2.29. The number of aromatic nitrogens is 1. The summed E-state index contributed by atoms with van der Waals surface area (Å²) >= 11 is 2.05. The van der Waals surface area contributed by atoms with Crippen molar-refractivity contribution in [3.63, 3.8) is 0 Å². The molecule has 1 aromatic carbocycles. The zero-order valence-corrected chi connectivity index (χ0v) is 13.3. The molecule has 4 nitrogen and oxygen atoms in total. The van der Waals surface area contributed by atoms with Crippen LogP contribution in [-0.4, -0.2) is 16.9 Å². The Labute approximate surface area is 130 Å². The lowest BCUT2D eigenvalue weighted by atomic mass is 10.2. The van der Waals surface area contributed by atoms with Gasteiger partial charge in [0.25, 0.3) is 0 Å². The van der Waals surface area contributed by atoms with Gasteiger partial charge in [0, 0.05) is 30.2 Å². The molecule has 1 aromatic heterocycles. The monoisotopic (exact) mass is 382 g/mol. The summed E-state index contributed by atoms with van der Waals surface area (Å²) in [5.74, 6) is 0.525. The molecule has 0 spiro atoms. The number of carbonyl (C=O) groups is 1. The second-order valence-corrected chi connectivity index (χ2v) is 6.41. The number of aryl methyl sites for hydroxylation is 1. The summed E-state index contributed by atoms with van der Waals surface area (Å²) in [7, 11) is 1.92. The number of Topliss-reactive ketones (excluding diaryl/α,β-unsaturated/α-hetero) is 1. The average Bonchev–Trinajstić information content (AvgIpc) is 3.26. The number of rotatable bonds is 4. The summed E-state index contributed by atoms with van der Waals surface area (Å²) in [6.07, 6.45) is 3.88. The number of fused-ring (bicyclic) bond motifs is 1. The molecule has 0 saturated heterocycles. The lowest BCUT2D eigenvalue weighted by molar-refractivity contribution is -0.118. The Morgan fingerprint density at radius 1 is 1.45 bits per heavy atom. The van der Waals surface area contributed by atoms with E-state index in [-0.39, 0.29) is 17.1 Å². The van der Waals surface area contributed by atoms with Gasteiger partial charge in [-0.15, -0.1) is 0 Å². The molecule has 0 aliphatic heterocycles. The smallest absolute Gasteiger partial charge is 0.202 e. The third-order valence-electron chi connectivity index (χ3n) is 3.64. The number of nitrogens with one attached hydrogen (secondary N) is 1. The molecule has 20 heavy (non-hydrogen) atoms. The van der Waals surface area contributed by atoms with Crippen molar-refractivity contribution >= 4 is 45.0 Å². The van der Waals surface area contributed by atoms with Crippen LogP contribution in [-0.2, 0) is 11.8 Å². The highest BCUT2D eigenvalue weighted by atomic mass is 127. The van der Waals surface area contributed by atoms with Gasteiger partial charge in [-0.25, -0.2) is 0 Å². The second kappa shape index (κ2) is 5.20. The van der Waals surface area contributed by atoms with Crippen LogP contribution in [0.5, 0.6) is 0 Å². The number of carbonyl (C=O) groups excluding carboxylic acids is 1. The quantitative estimate of drug-likeness (QED) is 0.827. The molecule has 1 aliphatic carbocycles. The maximum absolute atomic E-state index is 12.2. The van der Waals surface area contributed by atoms with Gasteiger partial charge in [-0.1, -0.05) is 0 Å². The Kier molecular flexibility index (Phi) is 3.54. The number of hydrogen-bond donors (Lipinski definition) is 1. The van der Waals surface area contributed by atoms with Crippen LogP contribution in [0.1, 0.15) is 12.8 Å². The molecular weight excluding hydrogens is 367 g/mol. The number of benzene rings is 1. The molecular formula is C15H15IN2O2. The average molecular weight is 382 g/mol. The fraction of sp³-hybridized carbons (Fsp3) is 0.333. The lowest BCUT2D eigenvalue weighted by Gasteiger charge is -2.09. The molecule has 1 N–H and O–H groups in total. The molecule has 1 fully saturated rings. The first kappa shape index (κ1) is 13.6. The number of anilines is 1. The highest BCUT2D eigenvalue weighted by Gasteiger charge is 2.28. The van der Waals surface area contributed by atoms with E-state index in [1.165, 1.54) is 0 Å². The van der Waals surface area contributed by atoms with Gasteiger partial charge in [0.15, 0.2) is 5.78 Å². The Hall–Kier alpha value is -1.37. The second-order valence-electron chi connectivity index (χ2n) is 5.24. The van der Waals surface area contributed by atoms with Crippen LogP contribution >= 0.6 is 22.6 Å². The standard InChI is InChI=1S/C15H15IN2O2/c1-18-8-12(16)15(20)11-6-10(4-5-13(11)18)17-7-14(19)9-2-3-9/h4-6,8-9,17H,2-3,7H2,1H3. The number of halogens is 1. The summed E-state index contributed by atoms with van der Waals surface area (Å²) in [4.78, 5) is 23.9. The van der Waals surface area contributed by atoms with E-state index in [1.807, 2.05) is 36.0 Å². The van der Waals surface area contributed by atoms with Crippen LogP contribution in [0.4, 0.5) is 5.69 Å². The predicted molar refractivity (Wildman–Crippen MR) is 88.1 cm³/mol. The molecule has 0 amide bonds. The largest absolute Gasteiger partial charge is 0.378 e. The van der Waals surface area contributed by atoms with E-state index >= 15 is 0 Å². The van der Waals surface area contributed by atoms with Crippen molar-refractivity contribution in [2.75, 3.05) is 11.9 Å². The Morgan fingerprint density at radius 2 is 2.20 bits per heavy atom. The van der Waals surface area contributed by atoms with Crippen LogP contribution in [0.15, 0.2) is 29.2 Å².